The van der Waals surface area contributed by atoms with Crippen molar-refractivity contribution in [1.29, 1.82) is 0 Å². The molecule has 4 nitrogen and oxygen atoms in total. The molecule has 0 spiro atoms. The van der Waals surface area contributed by atoms with Crippen LogP contribution in [0.4, 0.5) is 0 Å². The highest BCUT2D eigenvalue weighted by Gasteiger charge is 2.08. The first-order valence-corrected chi connectivity index (χ1v) is 7.52. The quantitative estimate of drug-likeness (QED) is 0.732. The fourth-order valence-electron chi connectivity index (χ4n) is 2.44. The maximum absolute atomic E-state index is 5.34. The van der Waals surface area contributed by atoms with E-state index in [1.807, 2.05) is 12.1 Å². The molecule has 0 aromatic heterocycles. The molecule has 0 amide bonds. The van der Waals surface area contributed by atoms with Crippen molar-refractivity contribution >= 4 is 0 Å². The maximum atomic E-state index is 5.34. The zero-order chi connectivity index (χ0) is 14.0. The van der Waals surface area contributed by atoms with Crippen molar-refractivity contribution in [3.8, 4) is 5.75 Å². The standard InChI is InChI=1S/C16H26N2O2/c1-19-16-5-2-4-15(14-16)6-8-17-7-3-9-18-10-12-20-13-11-18/h2,4-5,14,17H,3,6-13H2,1H3. The predicted octanol–water partition coefficient (Wildman–Crippen LogP) is 1.55. The monoisotopic (exact) mass is 278 g/mol. The van der Waals surface area contributed by atoms with Crippen molar-refractivity contribution in [1.82, 2.24) is 10.2 Å². The van der Waals surface area contributed by atoms with Gasteiger partial charge in [0.1, 0.15) is 5.75 Å². The highest BCUT2D eigenvalue weighted by Crippen LogP contribution is 2.12. The Morgan fingerprint density at radius 3 is 2.90 bits per heavy atom. The van der Waals surface area contributed by atoms with E-state index in [1.54, 1.807) is 7.11 Å². The molecule has 1 fully saturated rings. The molecule has 4 heteroatoms. The van der Waals surface area contributed by atoms with Crippen LogP contribution < -0.4 is 10.1 Å². The Labute approximate surface area is 122 Å². The van der Waals surface area contributed by atoms with E-state index in [-0.39, 0.29) is 0 Å². The lowest BCUT2D eigenvalue weighted by molar-refractivity contribution is 0.0375. The molecule has 1 N–H and O–H groups in total. The fourth-order valence-corrected chi connectivity index (χ4v) is 2.44. The summed E-state index contributed by atoms with van der Waals surface area (Å²) in [6, 6.07) is 8.29. The van der Waals surface area contributed by atoms with E-state index in [2.05, 4.69) is 22.3 Å². The number of morpholine rings is 1. The molecule has 0 bridgehead atoms. The molecule has 1 aliphatic rings. The van der Waals surface area contributed by atoms with Crippen molar-refractivity contribution in [2.45, 2.75) is 12.8 Å². The van der Waals surface area contributed by atoms with Gasteiger partial charge in [-0.2, -0.15) is 0 Å². The van der Waals surface area contributed by atoms with Crippen LogP contribution in [0.3, 0.4) is 0 Å². The number of ether oxygens (including phenoxy) is 2. The van der Waals surface area contributed by atoms with Gasteiger partial charge in [-0.15, -0.1) is 0 Å². The highest BCUT2D eigenvalue weighted by atomic mass is 16.5. The summed E-state index contributed by atoms with van der Waals surface area (Å²) in [7, 11) is 1.71. The van der Waals surface area contributed by atoms with Crippen LogP contribution in [-0.2, 0) is 11.2 Å². The van der Waals surface area contributed by atoms with E-state index in [0.717, 1.165) is 51.6 Å². The Morgan fingerprint density at radius 1 is 1.25 bits per heavy atom. The molecule has 1 aromatic rings. The van der Waals surface area contributed by atoms with Gasteiger partial charge in [-0.1, -0.05) is 12.1 Å². The minimum absolute atomic E-state index is 0.892. The van der Waals surface area contributed by atoms with Crippen LogP contribution in [0.2, 0.25) is 0 Å². The molecule has 1 heterocycles. The Kier molecular flexibility index (Phi) is 6.84. The maximum Gasteiger partial charge on any atom is 0.119 e. The molecule has 2 rings (SSSR count). The third-order valence-electron chi connectivity index (χ3n) is 3.66. The molecule has 0 unspecified atom stereocenters. The van der Waals surface area contributed by atoms with Crippen LogP contribution in [0.5, 0.6) is 5.75 Å². The average Bonchev–Trinajstić information content (AvgIpc) is 2.52. The lowest BCUT2D eigenvalue weighted by atomic mass is 10.1. The second kappa shape index (κ2) is 8.95. The summed E-state index contributed by atoms with van der Waals surface area (Å²) in [5.41, 5.74) is 1.32. The predicted molar refractivity (Wildman–Crippen MR) is 81.4 cm³/mol. The molecule has 0 atom stereocenters. The zero-order valence-corrected chi connectivity index (χ0v) is 12.4. The third kappa shape index (κ3) is 5.49. The van der Waals surface area contributed by atoms with Crippen LogP contribution in [0.1, 0.15) is 12.0 Å². The molecule has 0 saturated carbocycles. The number of rotatable bonds is 8. The summed E-state index contributed by atoms with van der Waals surface area (Å²) in [6.07, 6.45) is 2.26. The Morgan fingerprint density at radius 2 is 2.10 bits per heavy atom. The third-order valence-corrected chi connectivity index (χ3v) is 3.66. The fraction of sp³-hybridized carbons (Fsp3) is 0.625. The number of hydrogen-bond acceptors (Lipinski definition) is 4. The molecule has 0 radical (unpaired) electrons. The number of hydrogen-bond donors (Lipinski definition) is 1. The first kappa shape index (κ1) is 15.3. The van der Waals surface area contributed by atoms with Crippen molar-refractivity contribution < 1.29 is 9.47 Å². The van der Waals surface area contributed by atoms with Crippen molar-refractivity contribution in [2.24, 2.45) is 0 Å². The molecule has 112 valence electrons. The van der Waals surface area contributed by atoms with Gasteiger partial charge in [-0.3, -0.25) is 4.90 Å². The highest BCUT2D eigenvalue weighted by molar-refractivity contribution is 5.28. The van der Waals surface area contributed by atoms with E-state index >= 15 is 0 Å². The average molecular weight is 278 g/mol. The van der Waals surface area contributed by atoms with Crippen LogP contribution in [0.25, 0.3) is 0 Å². The van der Waals surface area contributed by atoms with Gasteiger partial charge in [0.2, 0.25) is 0 Å². The molecule has 1 saturated heterocycles. The van der Waals surface area contributed by atoms with E-state index in [4.69, 9.17) is 9.47 Å². The van der Waals surface area contributed by atoms with E-state index in [0.29, 0.717) is 0 Å². The van der Waals surface area contributed by atoms with Gasteiger partial charge >= 0.3 is 0 Å². The number of nitrogens with one attached hydrogen (secondary N) is 1. The van der Waals surface area contributed by atoms with Crippen molar-refractivity contribution in [3.05, 3.63) is 29.8 Å². The van der Waals surface area contributed by atoms with Gasteiger partial charge in [0.05, 0.1) is 20.3 Å². The van der Waals surface area contributed by atoms with Crippen LogP contribution in [-0.4, -0.2) is 57.9 Å². The van der Waals surface area contributed by atoms with Crippen molar-refractivity contribution in [3.63, 3.8) is 0 Å². The summed E-state index contributed by atoms with van der Waals surface area (Å²) in [4.78, 5) is 2.48. The van der Waals surface area contributed by atoms with Gasteiger partial charge in [0.25, 0.3) is 0 Å². The van der Waals surface area contributed by atoms with Crippen molar-refractivity contribution in [2.75, 3.05) is 53.0 Å². The Balaban J connectivity index is 1.52. The van der Waals surface area contributed by atoms with Gasteiger partial charge in [-0.05, 0) is 50.2 Å². The number of benzene rings is 1. The second-order valence-electron chi connectivity index (χ2n) is 5.16. The first-order chi connectivity index (χ1) is 9.88. The molecule has 1 aromatic carbocycles. The van der Waals surface area contributed by atoms with Gasteiger partial charge in [0, 0.05) is 13.1 Å². The van der Waals surface area contributed by atoms with Gasteiger partial charge in [0.15, 0.2) is 0 Å². The SMILES string of the molecule is COc1cccc(CCNCCCN2CCOCC2)c1. The summed E-state index contributed by atoms with van der Waals surface area (Å²) < 4.78 is 10.6. The Bertz CT molecular complexity index is 378. The number of nitrogens with zero attached hydrogens (tertiary/aromatic N) is 1. The first-order valence-electron chi connectivity index (χ1n) is 7.52. The molecule has 1 aliphatic heterocycles. The molecular weight excluding hydrogens is 252 g/mol. The van der Waals surface area contributed by atoms with Crippen LogP contribution >= 0.6 is 0 Å². The van der Waals surface area contributed by atoms with Gasteiger partial charge < -0.3 is 14.8 Å². The number of methoxy groups -OCH3 is 1. The summed E-state index contributed by atoms with van der Waals surface area (Å²) in [6.45, 7) is 7.24. The molecule has 0 aliphatic carbocycles. The minimum Gasteiger partial charge on any atom is -0.497 e. The smallest absolute Gasteiger partial charge is 0.119 e. The van der Waals surface area contributed by atoms with E-state index in [9.17, 15) is 0 Å². The lowest BCUT2D eigenvalue weighted by Crippen LogP contribution is -2.37. The molecular formula is C16H26N2O2. The zero-order valence-electron chi connectivity index (χ0n) is 12.4. The van der Waals surface area contributed by atoms with Gasteiger partial charge in [-0.25, -0.2) is 0 Å². The second-order valence-corrected chi connectivity index (χ2v) is 5.16. The lowest BCUT2D eigenvalue weighted by Gasteiger charge is -2.26. The normalized spacial score (nSPS) is 16.2. The largest absolute Gasteiger partial charge is 0.497 e. The topological polar surface area (TPSA) is 33.7 Å². The van der Waals surface area contributed by atoms with Crippen LogP contribution in [0.15, 0.2) is 24.3 Å². The summed E-state index contributed by atoms with van der Waals surface area (Å²) in [5, 5.41) is 3.51. The summed E-state index contributed by atoms with van der Waals surface area (Å²) in [5.74, 6) is 0.940. The van der Waals surface area contributed by atoms with Crippen LogP contribution in [0, 0.1) is 0 Å². The minimum atomic E-state index is 0.892. The van der Waals surface area contributed by atoms with E-state index < -0.39 is 0 Å². The summed E-state index contributed by atoms with van der Waals surface area (Å²) >= 11 is 0. The van der Waals surface area contributed by atoms with E-state index in [1.165, 1.54) is 18.5 Å². The Hall–Kier alpha value is -1.10. The molecule has 20 heavy (non-hydrogen) atoms.